The molecule has 1 nitrogen and oxygen atoms in total. The van der Waals surface area contributed by atoms with Crippen LogP contribution < -0.4 is 5.73 Å². The van der Waals surface area contributed by atoms with E-state index in [1.165, 1.54) is 5.56 Å². The SMILES string of the molecule is C=Cc1cc(N)ccc1CC(C)C. The van der Waals surface area contributed by atoms with Crippen LogP contribution in [-0.4, -0.2) is 0 Å². The normalized spacial score (nSPS) is 10.4. The van der Waals surface area contributed by atoms with E-state index in [2.05, 4.69) is 26.5 Å². The third-order valence-electron chi connectivity index (χ3n) is 2.02. The van der Waals surface area contributed by atoms with Gasteiger partial charge in [0, 0.05) is 5.69 Å². The van der Waals surface area contributed by atoms with Crippen molar-refractivity contribution in [2.45, 2.75) is 20.3 Å². The lowest BCUT2D eigenvalue weighted by Gasteiger charge is -2.09. The van der Waals surface area contributed by atoms with E-state index in [0.717, 1.165) is 17.7 Å². The maximum Gasteiger partial charge on any atom is 0.0320 e. The van der Waals surface area contributed by atoms with Crippen molar-refractivity contribution in [1.29, 1.82) is 0 Å². The van der Waals surface area contributed by atoms with Crippen molar-refractivity contribution in [3.63, 3.8) is 0 Å². The Bertz CT molecular complexity index is 300. The molecule has 0 aromatic heterocycles. The molecular weight excluding hydrogens is 158 g/mol. The summed E-state index contributed by atoms with van der Waals surface area (Å²) in [6.07, 6.45) is 2.95. The summed E-state index contributed by atoms with van der Waals surface area (Å²) in [6, 6.07) is 6.02. The number of rotatable bonds is 3. The van der Waals surface area contributed by atoms with Gasteiger partial charge >= 0.3 is 0 Å². The largest absolute Gasteiger partial charge is 0.399 e. The molecule has 0 aliphatic rings. The van der Waals surface area contributed by atoms with Crippen LogP contribution >= 0.6 is 0 Å². The van der Waals surface area contributed by atoms with Gasteiger partial charge in [0.05, 0.1) is 0 Å². The van der Waals surface area contributed by atoms with Gasteiger partial charge in [0.2, 0.25) is 0 Å². The monoisotopic (exact) mass is 175 g/mol. The maximum absolute atomic E-state index is 5.69. The predicted molar refractivity (Wildman–Crippen MR) is 59.5 cm³/mol. The lowest BCUT2D eigenvalue weighted by molar-refractivity contribution is 0.647. The van der Waals surface area contributed by atoms with Crippen molar-refractivity contribution in [3.05, 3.63) is 35.9 Å². The van der Waals surface area contributed by atoms with Crippen molar-refractivity contribution < 1.29 is 0 Å². The van der Waals surface area contributed by atoms with Crippen LogP contribution in [0, 0.1) is 5.92 Å². The average molecular weight is 175 g/mol. The first-order valence-corrected chi connectivity index (χ1v) is 4.64. The van der Waals surface area contributed by atoms with E-state index in [4.69, 9.17) is 5.73 Å². The highest BCUT2D eigenvalue weighted by atomic mass is 14.5. The second-order valence-electron chi connectivity index (χ2n) is 3.76. The highest BCUT2D eigenvalue weighted by molar-refractivity contribution is 5.58. The Morgan fingerprint density at radius 1 is 1.46 bits per heavy atom. The molecule has 70 valence electrons. The molecule has 2 N–H and O–H groups in total. The van der Waals surface area contributed by atoms with Gasteiger partial charge < -0.3 is 5.73 Å². The molecule has 13 heavy (non-hydrogen) atoms. The van der Waals surface area contributed by atoms with Crippen LogP contribution in [0.25, 0.3) is 6.08 Å². The highest BCUT2D eigenvalue weighted by Gasteiger charge is 2.02. The first-order chi connectivity index (χ1) is 6.13. The summed E-state index contributed by atoms with van der Waals surface area (Å²) < 4.78 is 0. The Balaban J connectivity index is 2.99. The zero-order valence-electron chi connectivity index (χ0n) is 8.38. The number of benzene rings is 1. The summed E-state index contributed by atoms with van der Waals surface area (Å²) in [6.45, 7) is 8.21. The summed E-state index contributed by atoms with van der Waals surface area (Å²) in [5, 5.41) is 0. The van der Waals surface area contributed by atoms with Gasteiger partial charge in [-0.1, -0.05) is 32.6 Å². The van der Waals surface area contributed by atoms with Gasteiger partial charge in [-0.15, -0.1) is 0 Å². The van der Waals surface area contributed by atoms with Gasteiger partial charge in [0.15, 0.2) is 0 Å². The van der Waals surface area contributed by atoms with Crippen LogP contribution in [0.5, 0.6) is 0 Å². The molecule has 0 unspecified atom stereocenters. The Kier molecular flexibility index (Phi) is 3.13. The van der Waals surface area contributed by atoms with Crippen LogP contribution in [0.2, 0.25) is 0 Å². The Morgan fingerprint density at radius 3 is 2.69 bits per heavy atom. The fraction of sp³-hybridized carbons (Fsp3) is 0.333. The van der Waals surface area contributed by atoms with Crippen LogP contribution in [0.3, 0.4) is 0 Å². The Labute approximate surface area is 80.3 Å². The molecule has 0 spiro atoms. The minimum Gasteiger partial charge on any atom is -0.399 e. The van der Waals surface area contributed by atoms with Gasteiger partial charge in [0.1, 0.15) is 0 Å². The van der Waals surface area contributed by atoms with E-state index < -0.39 is 0 Å². The van der Waals surface area contributed by atoms with Crippen LogP contribution in [0.4, 0.5) is 5.69 Å². The molecule has 0 amide bonds. The molecule has 1 aromatic rings. The van der Waals surface area contributed by atoms with Crippen LogP contribution in [0.1, 0.15) is 25.0 Å². The zero-order valence-corrected chi connectivity index (χ0v) is 8.38. The number of hydrogen-bond donors (Lipinski definition) is 1. The predicted octanol–water partition coefficient (Wildman–Crippen LogP) is 3.11. The van der Waals surface area contributed by atoms with Gasteiger partial charge in [-0.25, -0.2) is 0 Å². The molecule has 1 aromatic carbocycles. The summed E-state index contributed by atoms with van der Waals surface area (Å²) in [5.41, 5.74) is 8.99. The fourth-order valence-electron chi connectivity index (χ4n) is 1.43. The Hall–Kier alpha value is -1.24. The molecule has 0 atom stereocenters. The molecular formula is C12H17N. The van der Waals surface area contributed by atoms with E-state index in [9.17, 15) is 0 Å². The lowest BCUT2D eigenvalue weighted by Crippen LogP contribution is -1.97. The Morgan fingerprint density at radius 2 is 2.15 bits per heavy atom. The highest BCUT2D eigenvalue weighted by Crippen LogP contribution is 2.18. The first kappa shape index (κ1) is 9.85. The van der Waals surface area contributed by atoms with Gasteiger partial charge in [0.25, 0.3) is 0 Å². The fourth-order valence-corrected chi connectivity index (χ4v) is 1.43. The standard InChI is InChI=1S/C12H17N/c1-4-10-8-12(13)6-5-11(10)7-9(2)3/h4-6,8-9H,1,7,13H2,2-3H3. The molecule has 0 saturated heterocycles. The number of hydrogen-bond acceptors (Lipinski definition) is 1. The van der Waals surface area contributed by atoms with Crippen LogP contribution in [-0.2, 0) is 6.42 Å². The van der Waals surface area contributed by atoms with Gasteiger partial charge in [-0.05, 0) is 35.6 Å². The smallest absolute Gasteiger partial charge is 0.0320 e. The van der Waals surface area contributed by atoms with Crippen molar-refractivity contribution >= 4 is 11.8 Å². The number of nitrogen functional groups attached to an aromatic ring is 1. The van der Waals surface area contributed by atoms with Crippen molar-refractivity contribution in [3.8, 4) is 0 Å². The number of anilines is 1. The second kappa shape index (κ2) is 4.13. The van der Waals surface area contributed by atoms with Crippen molar-refractivity contribution in [2.75, 3.05) is 5.73 Å². The maximum atomic E-state index is 5.69. The molecule has 0 saturated carbocycles. The molecule has 1 heteroatoms. The lowest BCUT2D eigenvalue weighted by atomic mass is 9.97. The van der Waals surface area contributed by atoms with Gasteiger partial charge in [-0.2, -0.15) is 0 Å². The first-order valence-electron chi connectivity index (χ1n) is 4.64. The van der Waals surface area contributed by atoms with E-state index >= 15 is 0 Å². The molecule has 0 aliphatic heterocycles. The quantitative estimate of drug-likeness (QED) is 0.702. The summed E-state index contributed by atoms with van der Waals surface area (Å²) in [7, 11) is 0. The molecule has 0 fully saturated rings. The topological polar surface area (TPSA) is 26.0 Å². The molecule has 0 heterocycles. The van der Waals surface area contributed by atoms with E-state index in [1.807, 2.05) is 18.2 Å². The van der Waals surface area contributed by atoms with Crippen molar-refractivity contribution in [1.82, 2.24) is 0 Å². The minimum atomic E-state index is 0.669. The van der Waals surface area contributed by atoms with E-state index in [-0.39, 0.29) is 0 Å². The molecule has 1 rings (SSSR count). The number of nitrogens with two attached hydrogens (primary N) is 1. The molecule has 0 bridgehead atoms. The zero-order chi connectivity index (χ0) is 9.84. The van der Waals surface area contributed by atoms with Crippen LogP contribution in [0.15, 0.2) is 24.8 Å². The van der Waals surface area contributed by atoms with E-state index in [1.54, 1.807) is 0 Å². The third-order valence-corrected chi connectivity index (χ3v) is 2.02. The van der Waals surface area contributed by atoms with Crippen molar-refractivity contribution in [2.24, 2.45) is 5.92 Å². The van der Waals surface area contributed by atoms with E-state index in [0.29, 0.717) is 5.92 Å². The molecule has 0 radical (unpaired) electrons. The third kappa shape index (κ3) is 2.62. The summed E-state index contributed by atoms with van der Waals surface area (Å²) in [5.74, 6) is 0.669. The minimum absolute atomic E-state index is 0.669. The van der Waals surface area contributed by atoms with Gasteiger partial charge in [-0.3, -0.25) is 0 Å². The average Bonchev–Trinajstić information content (AvgIpc) is 2.07. The summed E-state index contributed by atoms with van der Waals surface area (Å²) in [4.78, 5) is 0. The summed E-state index contributed by atoms with van der Waals surface area (Å²) >= 11 is 0. The molecule has 0 aliphatic carbocycles. The second-order valence-corrected chi connectivity index (χ2v) is 3.76.